The Morgan fingerprint density at radius 2 is 1.88 bits per heavy atom. The zero-order valence-corrected chi connectivity index (χ0v) is 14.3. The third-order valence-corrected chi connectivity index (χ3v) is 5.39. The van der Waals surface area contributed by atoms with E-state index >= 15 is 0 Å². The second-order valence-electron chi connectivity index (χ2n) is 7.01. The Morgan fingerprint density at radius 3 is 2.54 bits per heavy atom. The number of aromatic hydroxyl groups is 1. The summed E-state index contributed by atoms with van der Waals surface area (Å²) in [5.74, 6) is 2.52. The van der Waals surface area contributed by atoms with E-state index in [-0.39, 0.29) is 5.75 Å². The Hall–Kier alpha value is -2.93. The van der Waals surface area contributed by atoms with Crippen molar-refractivity contribution in [2.45, 2.75) is 0 Å². The number of nitrogens with zero attached hydrogens (tertiary/aromatic N) is 5. The fourth-order valence-electron chi connectivity index (χ4n) is 3.98. The van der Waals surface area contributed by atoms with Gasteiger partial charge in [0.25, 0.3) is 0 Å². The van der Waals surface area contributed by atoms with E-state index in [1.165, 1.54) is 0 Å². The van der Waals surface area contributed by atoms with Crippen molar-refractivity contribution in [2.75, 3.05) is 31.1 Å². The highest BCUT2D eigenvalue weighted by atomic mass is 16.3. The molecular weight excluding hydrogens is 328 g/mol. The van der Waals surface area contributed by atoms with Crippen molar-refractivity contribution in [2.24, 2.45) is 11.8 Å². The Balaban J connectivity index is 1.37. The highest BCUT2D eigenvalue weighted by Crippen LogP contribution is 2.32. The van der Waals surface area contributed by atoms with Crippen molar-refractivity contribution in [1.82, 2.24) is 25.3 Å². The first-order valence-corrected chi connectivity index (χ1v) is 8.91. The van der Waals surface area contributed by atoms with E-state index in [0.29, 0.717) is 11.3 Å². The van der Waals surface area contributed by atoms with Gasteiger partial charge in [0.15, 0.2) is 5.82 Å². The first-order valence-electron chi connectivity index (χ1n) is 8.91. The van der Waals surface area contributed by atoms with E-state index in [4.69, 9.17) is 0 Å². The van der Waals surface area contributed by atoms with Crippen molar-refractivity contribution in [3.05, 3.63) is 48.8 Å². The summed E-state index contributed by atoms with van der Waals surface area (Å²) in [5, 5.41) is 26.8. The molecule has 132 valence electrons. The number of rotatable bonds is 3. The SMILES string of the molecule is Oc1cc(-n2cccn2)ccc1-c1ccc(N2CC3CNC[C@@H]3C2)nn1. The molecule has 0 spiro atoms. The van der Waals surface area contributed by atoms with Crippen LogP contribution in [0.1, 0.15) is 0 Å². The van der Waals surface area contributed by atoms with Crippen molar-refractivity contribution in [1.29, 1.82) is 0 Å². The molecule has 2 atom stereocenters. The highest BCUT2D eigenvalue weighted by Gasteiger charge is 2.36. The largest absolute Gasteiger partial charge is 0.507 e. The molecule has 0 amide bonds. The molecule has 0 bridgehead atoms. The molecule has 0 saturated carbocycles. The van der Waals surface area contributed by atoms with Gasteiger partial charge in [0.2, 0.25) is 0 Å². The minimum Gasteiger partial charge on any atom is -0.507 e. The quantitative estimate of drug-likeness (QED) is 0.750. The Labute approximate surface area is 151 Å². The predicted molar refractivity (Wildman–Crippen MR) is 98.3 cm³/mol. The number of hydrogen-bond donors (Lipinski definition) is 2. The Bertz CT molecular complexity index is 896. The van der Waals surface area contributed by atoms with Crippen LogP contribution in [-0.4, -0.2) is 51.3 Å². The van der Waals surface area contributed by atoms with Gasteiger partial charge in [-0.3, -0.25) is 0 Å². The molecule has 0 radical (unpaired) electrons. The lowest BCUT2D eigenvalue weighted by atomic mass is 10.0. The molecule has 2 aliphatic heterocycles. The summed E-state index contributed by atoms with van der Waals surface area (Å²) in [6, 6.07) is 11.2. The molecular formula is C19H20N6O. The van der Waals surface area contributed by atoms with Crippen LogP contribution in [0.5, 0.6) is 5.75 Å². The van der Waals surface area contributed by atoms with Crippen LogP contribution in [-0.2, 0) is 0 Å². The summed E-state index contributed by atoms with van der Waals surface area (Å²) in [5.41, 5.74) is 2.14. The lowest BCUT2D eigenvalue weighted by Gasteiger charge is -2.18. The zero-order chi connectivity index (χ0) is 17.5. The second-order valence-corrected chi connectivity index (χ2v) is 7.01. The number of phenols is 1. The van der Waals surface area contributed by atoms with Gasteiger partial charge in [-0.1, -0.05) is 0 Å². The average molecular weight is 348 g/mol. The number of aromatic nitrogens is 4. The molecule has 5 rings (SSSR count). The molecule has 3 aromatic rings. The summed E-state index contributed by atoms with van der Waals surface area (Å²) in [7, 11) is 0. The van der Waals surface area contributed by atoms with Gasteiger partial charge in [-0.05, 0) is 42.2 Å². The lowest BCUT2D eigenvalue weighted by Crippen LogP contribution is -2.26. The third-order valence-electron chi connectivity index (χ3n) is 5.39. The maximum absolute atomic E-state index is 10.4. The van der Waals surface area contributed by atoms with Gasteiger partial charge < -0.3 is 15.3 Å². The molecule has 2 N–H and O–H groups in total. The molecule has 4 heterocycles. The Kier molecular flexibility index (Phi) is 3.60. The number of hydrogen-bond acceptors (Lipinski definition) is 6. The number of benzene rings is 1. The summed E-state index contributed by atoms with van der Waals surface area (Å²) in [6.07, 6.45) is 3.54. The second kappa shape index (κ2) is 6.10. The van der Waals surface area contributed by atoms with Gasteiger partial charge in [0, 0.05) is 50.2 Å². The van der Waals surface area contributed by atoms with Crippen molar-refractivity contribution in [3.8, 4) is 22.7 Å². The summed E-state index contributed by atoms with van der Waals surface area (Å²) < 4.78 is 1.71. The van der Waals surface area contributed by atoms with Crippen LogP contribution in [0.15, 0.2) is 48.8 Å². The molecule has 1 aromatic carbocycles. The van der Waals surface area contributed by atoms with Crippen LogP contribution in [0.2, 0.25) is 0 Å². The number of nitrogens with one attached hydrogen (secondary N) is 1. The smallest absolute Gasteiger partial charge is 0.151 e. The van der Waals surface area contributed by atoms with Crippen LogP contribution in [0.3, 0.4) is 0 Å². The molecule has 7 heteroatoms. The molecule has 2 aromatic heterocycles. The summed E-state index contributed by atoms with van der Waals surface area (Å²) >= 11 is 0. The molecule has 7 nitrogen and oxygen atoms in total. The first kappa shape index (κ1) is 15.3. The number of fused-ring (bicyclic) bond motifs is 1. The molecule has 2 saturated heterocycles. The van der Waals surface area contributed by atoms with Crippen LogP contribution in [0.25, 0.3) is 16.9 Å². The van der Waals surface area contributed by atoms with Gasteiger partial charge in [-0.15, -0.1) is 10.2 Å². The monoisotopic (exact) mass is 348 g/mol. The molecule has 26 heavy (non-hydrogen) atoms. The van der Waals surface area contributed by atoms with E-state index in [2.05, 4.69) is 25.5 Å². The first-order chi connectivity index (χ1) is 12.8. The number of phenolic OH excluding ortho intramolecular Hbond substituents is 1. The van der Waals surface area contributed by atoms with Crippen LogP contribution in [0.4, 0.5) is 5.82 Å². The van der Waals surface area contributed by atoms with E-state index in [1.54, 1.807) is 16.9 Å². The lowest BCUT2D eigenvalue weighted by molar-refractivity contribution is 0.476. The maximum atomic E-state index is 10.4. The van der Waals surface area contributed by atoms with E-state index in [9.17, 15) is 5.11 Å². The predicted octanol–water partition coefficient (Wildman–Crippen LogP) is 1.69. The van der Waals surface area contributed by atoms with Crippen molar-refractivity contribution in [3.63, 3.8) is 0 Å². The van der Waals surface area contributed by atoms with Gasteiger partial charge in [-0.2, -0.15) is 5.10 Å². The van der Waals surface area contributed by atoms with E-state index < -0.39 is 0 Å². The van der Waals surface area contributed by atoms with Crippen LogP contribution >= 0.6 is 0 Å². The molecule has 2 fully saturated rings. The fraction of sp³-hybridized carbons (Fsp3) is 0.316. The zero-order valence-electron chi connectivity index (χ0n) is 14.3. The topological polar surface area (TPSA) is 79.1 Å². The average Bonchev–Trinajstić information content (AvgIpc) is 3.39. The summed E-state index contributed by atoms with van der Waals surface area (Å²) in [4.78, 5) is 2.31. The highest BCUT2D eigenvalue weighted by molar-refractivity contribution is 5.69. The standard InChI is InChI=1S/C19H20N6O/c26-18-8-15(25-7-1-6-21-25)2-3-16(18)17-4-5-19(23-22-17)24-11-13-9-20-10-14(13)12-24/h1-8,13-14,20,26H,9-12H2/t13-,14?/m1/s1. The molecule has 2 aliphatic rings. The number of anilines is 1. The molecule has 1 unspecified atom stereocenters. The Morgan fingerprint density at radius 1 is 1.04 bits per heavy atom. The molecule has 0 aliphatic carbocycles. The van der Waals surface area contributed by atoms with Crippen LogP contribution in [0, 0.1) is 11.8 Å². The van der Waals surface area contributed by atoms with E-state index in [0.717, 1.165) is 49.5 Å². The minimum absolute atomic E-state index is 0.168. The van der Waals surface area contributed by atoms with Gasteiger partial charge in [-0.25, -0.2) is 4.68 Å². The van der Waals surface area contributed by atoms with Crippen LogP contribution < -0.4 is 10.2 Å². The minimum atomic E-state index is 0.168. The van der Waals surface area contributed by atoms with Crippen molar-refractivity contribution < 1.29 is 5.11 Å². The van der Waals surface area contributed by atoms with E-state index in [1.807, 2.05) is 36.5 Å². The van der Waals surface area contributed by atoms with Gasteiger partial charge in [0.1, 0.15) is 5.75 Å². The van der Waals surface area contributed by atoms with Gasteiger partial charge >= 0.3 is 0 Å². The summed E-state index contributed by atoms with van der Waals surface area (Å²) in [6.45, 7) is 4.28. The fourth-order valence-corrected chi connectivity index (χ4v) is 3.98. The normalized spacial score (nSPS) is 21.9. The maximum Gasteiger partial charge on any atom is 0.151 e. The third kappa shape index (κ3) is 2.61. The van der Waals surface area contributed by atoms with Gasteiger partial charge in [0.05, 0.1) is 11.4 Å². The van der Waals surface area contributed by atoms with Crippen molar-refractivity contribution >= 4 is 5.82 Å².